The van der Waals surface area contributed by atoms with Gasteiger partial charge in [-0.15, -0.1) is 0 Å². The molecule has 0 saturated carbocycles. The van der Waals surface area contributed by atoms with E-state index in [1.807, 2.05) is 0 Å². The van der Waals surface area contributed by atoms with E-state index in [2.05, 4.69) is 39.8 Å². The molecular formula is C10H24N2. The van der Waals surface area contributed by atoms with E-state index in [0.717, 1.165) is 12.5 Å². The Morgan fingerprint density at radius 1 is 1.33 bits per heavy atom. The summed E-state index contributed by atoms with van der Waals surface area (Å²) in [5, 5.41) is 0. The third kappa shape index (κ3) is 3.55. The first-order chi connectivity index (χ1) is 5.42. The van der Waals surface area contributed by atoms with Crippen LogP contribution in [0.4, 0.5) is 0 Å². The van der Waals surface area contributed by atoms with Crippen LogP contribution < -0.4 is 5.73 Å². The van der Waals surface area contributed by atoms with Gasteiger partial charge in [0.15, 0.2) is 0 Å². The van der Waals surface area contributed by atoms with Gasteiger partial charge in [-0.25, -0.2) is 0 Å². The van der Waals surface area contributed by atoms with Crippen LogP contribution >= 0.6 is 0 Å². The largest absolute Gasteiger partial charge is 0.329 e. The molecule has 1 unspecified atom stereocenters. The van der Waals surface area contributed by atoms with E-state index in [9.17, 15) is 0 Å². The zero-order valence-corrected chi connectivity index (χ0v) is 9.22. The van der Waals surface area contributed by atoms with Gasteiger partial charge in [0.1, 0.15) is 0 Å². The quantitative estimate of drug-likeness (QED) is 0.684. The van der Waals surface area contributed by atoms with Crippen molar-refractivity contribution in [1.82, 2.24) is 4.90 Å². The van der Waals surface area contributed by atoms with Gasteiger partial charge in [0.05, 0.1) is 0 Å². The summed E-state index contributed by atoms with van der Waals surface area (Å²) in [6, 6.07) is 0. The maximum atomic E-state index is 5.75. The smallest absolute Gasteiger partial charge is 0.0297 e. The highest BCUT2D eigenvalue weighted by Gasteiger charge is 2.24. The van der Waals surface area contributed by atoms with Crippen molar-refractivity contribution in [3.8, 4) is 0 Å². The maximum Gasteiger partial charge on any atom is 0.0297 e. The fourth-order valence-electron chi connectivity index (χ4n) is 1.11. The molecule has 2 heteroatoms. The molecule has 1 atom stereocenters. The summed E-state index contributed by atoms with van der Waals surface area (Å²) >= 11 is 0. The molecule has 0 fully saturated rings. The molecule has 0 aliphatic rings. The first-order valence-corrected chi connectivity index (χ1v) is 4.80. The van der Waals surface area contributed by atoms with E-state index in [1.54, 1.807) is 0 Å². The highest BCUT2D eigenvalue weighted by atomic mass is 15.1. The monoisotopic (exact) mass is 172 g/mol. The summed E-state index contributed by atoms with van der Waals surface area (Å²) in [6.45, 7) is 7.49. The predicted octanol–water partition coefficient (Wildman–Crippen LogP) is 1.70. The Balaban J connectivity index is 3.97. The molecule has 0 spiro atoms. The maximum absolute atomic E-state index is 5.75. The summed E-state index contributed by atoms with van der Waals surface area (Å²) < 4.78 is 0. The summed E-state index contributed by atoms with van der Waals surface area (Å²) in [6.07, 6.45) is 2.44. The van der Waals surface area contributed by atoms with Crippen LogP contribution in [0.5, 0.6) is 0 Å². The van der Waals surface area contributed by atoms with E-state index < -0.39 is 0 Å². The molecule has 0 aromatic rings. The molecule has 12 heavy (non-hydrogen) atoms. The number of hydrogen-bond donors (Lipinski definition) is 1. The lowest BCUT2D eigenvalue weighted by Crippen LogP contribution is -2.47. The summed E-state index contributed by atoms with van der Waals surface area (Å²) in [7, 11) is 4.21. The first-order valence-electron chi connectivity index (χ1n) is 4.80. The van der Waals surface area contributed by atoms with Crippen LogP contribution in [-0.4, -0.2) is 31.1 Å². The fraction of sp³-hybridized carbons (Fsp3) is 1.00. The average molecular weight is 172 g/mol. The number of likely N-dealkylation sites (N-methyl/N-ethyl adjacent to an activating group) is 1. The van der Waals surface area contributed by atoms with Gasteiger partial charge in [-0.05, 0) is 39.8 Å². The molecule has 0 aliphatic heterocycles. The molecule has 0 bridgehead atoms. The number of rotatable bonds is 5. The van der Waals surface area contributed by atoms with Crippen molar-refractivity contribution in [2.75, 3.05) is 20.6 Å². The Labute approximate surface area is 77.1 Å². The fourth-order valence-corrected chi connectivity index (χ4v) is 1.11. The van der Waals surface area contributed by atoms with Crippen LogP contribution in [0.25, 0.3) is 0 Å². The molecule has 0 aromatic carbocycles. The Kier molecular flexibility index (Phi) is 4.80. The molecule has 2 nitrogen and oxygen atoms in total. The highest BCUT2D eigenvalue weighted by Crippen LogP contribution is 2.19. The summed E-state index contributed by atoms with van der Waals surface area (Å²) in [5.41, 5.74) is 5.94. The lowest BCUT2D eigenvalue weighted by molar-refractivity contribution is 0.159. The van der Waals surface area contributed by atoms with Crippen LogP contribution in [0, 0.1) is 5.92 Å². The van der Waals surface area contributed by atoms with Gasteiger partial charge in [-0.2, -0.15) is 0 Å². The van der Waals surface area contributed by atoms with Crippen LogP contribution in [0.3, 0.4) is 0 Å². The molecule has 2 N–H and O–H groups in total. The average Bonchev–Trinajstić information content (AvgIpc) is 1.99. The van der Waals surface area contributed by atoms with Gasteiger partial charge < -0.3 is 10.6 Å². The summed E-state index contributed by atoms with van der Waals surface area (Å²) in [4.78, 5) is 2.23. The van der Waals surface area contributed by atoms with Crippen molar-refractivity contribution in [2.45, 2.75) is 39.2 Å². The van der Waals surface area contributed by atoms with E-state index in [1.165, 1.54) is 12.8 Å². The van der Waals surface area contributed by atoms with E-state index in [4.69, 9.17) is 5.73 Å². The predicted molar refractivity (Wildman–Crippen MR) is 55.2 cm³/mol. The van der Waals surface area contributed by atoms with Crippen molar-refractivity contribution >= 4 is 0 Å². The second-order valence-electron chi connectivity index (χ2n) is 4.53. The first kappa shape index (κ1) is 11.9. The number of nitrogens with zero attached hydrogens (tertiary/aromatic N) is 1. The second-order valence-corrected chi connectivity index (χ2v) is 4.53. The third-order valence-corrected chi connectivity index (χ3v) is 2.78. The molecular weight excluding hydrogens is 148 g/mol. The molecule has 0 saturated heterocycles. The van der Waals surface area contributed by atoms with Gasteiger partial charge in [0, 0.05) is 12.1 Å². The molecule has 0 heterocycles. The zero-order chi connectivity index (χ0) is 9.78. The van der Waals surface area contributed by atoms with Gasteiger partial charge in [0.25, 0.3) is 0 Å². The molecule has 74 valence electrons. The SMILES string of the molecule is CC(C)CCC(C)(CN)N(C)C. The minimum atomic E-state index is 0.185. The Bertz CT molecular complexity index is 121. The normalized spacial score (nSPS) is 17.0. The summed E-state index contributed by atoms with van der Waals surface area (Å²) in [5.74, 6) is 0.774. The van der Waals surface area contributed by atoms with Crippen LogP contribution in [0.2, 0.25) is 0 Å². The van der Waals surface area contributed by atoms with E-state index in [-0.39, 0.29) is 5.54 Å². The molecule has 0 aromatic heterocycles. The van der Waals surface area contributed by atoms with Crippen molar-refractivity contribution in [3.05, 3.63) is 0 Å². The van der Waals surface area contributed by atoms with Crippen molar-refractivity contribution in [3.63, 3.8) is 0 Å². The van der Waals surface area contributed by atoms with Gasteiger partial charge in [-0.3, -0.25) is 0 Å². The minimum Gasteiger partial charge on any atom is -0.329 e. The standard InChI is InChI=1S/C10H24N2/c1-9(2)6-7-10(3,8-11)12(4)5/h9H,6-8,11H2,1-5H3. The van der Waals surface area contributed by atoms with Crippen molar-refractivity contribution in [1.29, 1.82) is 0 Å². The molecule has 0 rings (SSSR count). The minimum absolute atomic E-state index is 0.185. The van der Waals surface area contributed by atoms with Gasteiger partial charge in [-0.1, -0.05) is 13.8 Å². The van der Waals surface area contributed by atoms with Gasteiger partial charge >= 0.3 is 0 Å². The topological polar surface area (TPSA) is 29.3 Å². The van der Waals surface area contributed by atoms with Crippen molar-refractivity contribution < 1.29 is 0 Å². The van der Waals surface area contributed by atoms with Crippen LogP contribution in [0.1, 0.15) is 33.6 Å². The number of hydrogen-bond acceptors (Lipinski definition) is 2. The Hall–Kier alpha value is -0.0800. The lowest BCUT2D eigenvalue weighted by atomic mass is 9.91. The third-order valence-electron chi connectivity index (χ3n) is 2.78. The molecule has 0 amide bonds. The zero-order valence-electron chi connectivity index (χ0n) is 9.22. The Morgan fingerprint density at radius 3 is 2.08 bits per heavy atom. The second kappa shape index (κ2) is 4.83. The highest BCUT2D eigenvalue weighted by molar-refractivity contribution is 4.83. The van der Waals surface area contributed by atoms with E-state index >= 15 is 0 Å². The van der Waals surface area contributed by atoms with E-state index in [0.29, 0.717) is 0 Å². The number of nitrogens with two attached hydrogens (primary N) is 1. The van der Waals surface area contributed by atoms with Crippen LogP contribution in [-0.2, 0) is 0 Å². The van der Waals surface area contributed by atoms with Crippen LogP contribution in [0.15, 0.2) is 0 Å². The lowest BCUT2D eigenvalue weighted by Gasteiger charge is -2.36. The molecule has 0 aliphatic carbocycles. The van der Waals surface area contributed by atoms with Gasteiger partial charge in [0.2, 0.25) is 0 Å². The molecule has 0 radical (unpaired) electrons. The Morgan fingerprint density at radius 2 is 1.83 bits per heavy atom. The van der Waals surface area contributed by atoms with Crippen molar-refractivity contribution in [2.24, 2.45) is 11.7 Å².